The number of aromatic nitrogens is 1. The summed E-state index contributed by atoms with van der Waals surface area (Å²) in [6.45, 7) is 0. The van der Waals surface area contributed by atoms with E-state index >= 15 is 0 Å². The summed E-state index contributed by atoms with van der Waals surface area (Å²) in [4.78, 5) is 16.5. The lowest BCUT2D eigenvalue weighted by atomic mass is 10.1. The van der Waals surface area contributed by atoms with Crippen LogP contribution >= 0.6 is 0 Å². The van der Waals surface area contributed by atoms with Gasteiger partial charge in [-0.3, -0.25) is 14.4 Å². The number of nitrogens with zero attached hydrogens (tertiary/aromatic N) is 2. The van der Waals surface area contributed by atoms with Gasteiger partial charge in [-0.25, -0.2) is 0 Å². The van der Waals surface area contributed by atoms with Crippen LogP contribution in [0, 0.1) is 0 Å². The molecule has 3 rings (SSSR count). The lowest BCUT2D eigenvalue weighted by Gasteiger charge is -2.09. The first-order valence-electron chi connectivity index (χ1n) is 6.58. The van der Waals surface area contributed by atoms with Gasteiger partial charge in [0.25, 0.3) is 5.56 Å². The van der Waals surface area contributed by atoms with Gasteiger partial charge in [-0.15, -0.1) is 0 Å². The molecule has 0 spiro atoms. The molecule has 1 aromatic heterocycles. The zero-order chi connectivity index (χ0) is 14.8. The van der Waals surface area contributed by atoms with Crippen molar-refractivity contribution >= 4 is 22.7 Å². The number of rotatable bonds is 2. The van der Waals surface area contributed by atoms with E-state index in [2.05, 4.69) is 4.99 Å². The van der Waals surface area contributed by atoms with E-state index in [4.69, 9.17) is 0 Å². The number of para-hydroxylation sites is 1. The van der Waals surface area contributed by atoms with Crippen molar-refractivity contribution in [2.45, 2.75) is 0 Å². The maximum Gasteiger partial charge on any atom is 0.260 e. The Hall–Kier alpha value is -2.88. The summed E-state index contributed by atoms with van der Waals surface area (Å²) in [5.74, 6) is -0.0848. The maximum atomic E-state index is 12.1. The highest BCUT2D eigenvalue weighted by Crippen LogP contribution is 2.23. The predicted molar refractivity (Wildman–Crippen MR) is 84.5 cm³/mol. The standard InChI is InChI=1S/C17H14N2O2/c1-19-16(20)14-10-6-5-9-13(14)15(17(19)21)11-18-12-7-3-2-4-8-12/h2-11,21H,1H3. The number of pyridine rings is 1. The molecule has 0 bridgehead atoms. The van der Waals surface area contributed by atoms with Crippen molar-refractivity contribution in [3.8, 4) is 5.88 Å². The van der Waals surface area contributed by atoms with Crippen LogP contribution in [0.3, 0.4) is 0 Å². The molecule has 1 N–H and O–H groups in total. The largest absolute Gasteiger partial charge is 0.494 e. The van der Waals surface area contributed by atoms with Crippen molar-refractivity contribution < 1.29 is 5.11 Å². The van der Waals surface area contributed by atoms with E-state index in [-0.39, 0.29) is 11.4 Å². The zero-order valence-corrected chi connectivity index (χ0v) is 11.5. The highest BCUT2D eigenvalue weighted by atomic mass is 16.3. The highest BCUT2D eigenvalue weighted by molar-refractivity contribution is 6.02. The minimum Gasteiger partial charge on any atom is -0.494 e. The van der Waals surface area contributed by atoms with E-state index in [0.29, 0.717) is 16.3 Å². The Morgan fingerprint density at radius 3 is 2.33 bits per heavy atom. The molecular weight excluding hydrogens is 264 g/mol. The summed E-state index contributed by atoms with van der Waals surface area (Å²) in [6.07, 6.45) is 1.59. The van der Waals surface area contributed by atoms with Crippen molar-refractivity contribution in [1.82, 2.24) is 4.57 Å². The molecule has 4 nitrogen and oxygen atoms in total. The van der Waals surface area contributed by atoms with E-state index in [9.17, 15) is 9.90 Å². The Balaban J connectivity index is 2.23. The third-order valence-corrected chi connectivity index (χ3v) is 3.41. The highest BCUT2D eigenvalue weighted by Gasteiger charge is 2.11. The number of benzene rings is 2. The fraction of sp³-hybridized carbons (Fsp3) is 0.0588. The molecule has 0 saturated carbocycles. The van der Waals surface area contributed by atoms with Crippen LogP contribution in [0.5, 0.6) is 5.88 Å². The van der Waals surface area contributed by atoms with Crippen LogP contribution in [-0.2, 0) is 7.05 Å². The molecule has 0 radical (unpaired) electrons. The molecule has 1 heterocycles. The number of hydrogen-bond acceptors (Lipinski definition) is 3. The molecule has 4 heteroatoms. The van der Waals surface area contributed by atoms with E-state index < -0.39 is 0 Å². The van der Waals surface area contributed by atoms with Crippen molar-refractivity contribution in [2.24, 2.45) is 12.0 Å². The Morgan fingerprint density at radius 1 is 1.00 bits per heavy atom. The summed E-state index contributed by atoms with van der Waals surface area (Å²) < 4.78 is 1.23. The van der Waals surface area contributed by atoms with Crippen molar-refractivity contribution in [2.75, 3.05) is 0 Å². The molecule has 0 fully saturated rings. The molecule has 3 aromatic rings. The minimum atomic E-state index is -0.222. The van der Waals surface area contributed by atoms with E-state index in [1.807, 2.05) is 42.5 Å². The lowest BCUT2D eigenvalue weighted by molar-refractivity contribution is 0.424. The molecule has 0 aliphatic rings. The monoisotopic (exact) mass is 278 g/mol. The SMILES string of the molecule is Cn1c(O)c(C=Nc2ccccc2)c2ccccc2c1=O. The minimum absolute atomic E-state index is 0.0848. The van der Waals surface area contributed by atoms with Gasteiger partial charge in [0.15, 0.2) is 0 Å². The van der Waals surface area contributed by atoms with Gasteiger partial charge >= 0.3 is 0 Å². The second kappa shape index (κ2) is 5.25. The van der Waals surface area contributed by atoms with Gasteiger partial charge < -0.3 is 5.11 Å². The van der Waals surface area contributed by atoms with Crippen LogP contribution < -0.4 is 5.56 Å². The van der Waals surface area contributed by atoms with Crippen molar-refractivity contribution in [3.05, 3.63) is 70.5 Å². The average Bonchev–Trinajstić information content (AvgIpc) is 2.54. The maximum absolute atomic E-state index is 12.1. The van der Waals surface area contributed by atoms with Gasteiger partial charge in [0.1, 0.15) is 0 Å². The Kier molecular flexibility index (Phi) is 3.28. The number of fused-ring (bicyclic) bond motifs is 1. The molecule has 0 amide bonds. The van der Waals surface area contributed by atoms with Gasteiger partial charge in [-0.1, -0.05) is 36.4 Å². The first-order valence-corrected chi connectivity index (χ1v) is 6.58. The third-order valence-electron chi connectivity index (χ3n) is 3.41. The van der Waals surface area contributed by atoms with E-state index in [0.717, 1.165) is 5.69 Å². The first-order chi connectivity index (χ1) is 10.2. The van der Waals surface area contributed by atoms with Crippen LogP contribution in [0.1, 0.15) is 5.56 Å². The Morgan fingerprint density at radius 2 is 1.62 bits per heavy atom. The Bertz CT molecular complexity index is 880. The molecule has 2 aromatic carbocycles. The molecule has 104 valence electrons. The molecule has 0 aliphatic heterocycles. The van der Waals surface area contributed by atoms with Gasteiger partial charge in [0.05, 0.1) is 11.3 Å². The first kappa shape index (κ1) is 13.1. The van der Waals surface area contributed by atoms with Crippen LogP contribution in [0.4, 0.5) is 5.69 Å². The summed E-state index contributed by atoms with van der Waals surface area (Å²) >= 11 is 0. The summed E-state index contributed by atoms with van der Waals surface area (Å²) in [7, 11) is 1.55. The predicted octanol–water partition coefficient (Wildman–Crippen LogP) is 2.99. The molecular formula is C17H14N2O2. The quantitative estimate of drug-likeness (QED) is 0.733. The number of aromatic hydroxyl groups is 1. The summed E-state index contributed by atoms with van der Waals surface area (Å²) in [6, 6.07) is 16.6. The Labute approximate surface area is 121 Å². The molecule has 0 unspecified atom stereocenters. The average molecular weight is 278 g/mol. The van der Waals surface area contributed by atoms with Crippen molar-refractivity contribution in [1.29, 1.82) is 0 Å². The fourth-order valence-electron chi connectivity index (χ4n) is 2.26. The summed E-state index contributed by atoms with van der Waals surface area (Å²) in [5.41, 5.74) is 1.10. The van der Waals surface area contributed by atoms with E-state index in [1.54, 1.807) is 25.4 Å². The molecule has 0 saturated heterocycles. The van der Waals surface area contributed by atoms with Crippen LogP contribution in [0.25, 0.3) is 10.8 Å². The summed E-state index contributed by atoms with van der Waals surface area (Å²) in [5, 5.41) is 11.5. The van der Waals surface area contributed by atoms with Crippen LogP contribution in [0.2, 0.25) is 0 Å². The third kappa shape index (κ3) is 2.31. The molecule has 0 atom stereocenters. The van der Waals surface area contributed by atoms with Gasteiger partial charge in [0.2, 0.25) is 5.88 Å². The van der Waals surface area contributed by atoms with Crippen molar-refractivity contribution in [3.63, 3.8) is 0 Å². The van der Waals surface area contributed by atoms with Gasteiger partial charge in [0, 0.05) is 24.0 Å². The van der Waals surface area contributed by atoms with Gasteiger partial charge in [-0.05, 0) is 18.2 Å². The zero-order valence-electron chi connectivity index (χ0n) is 11.5. The lowest BCUT2D eigenvalue weighted by Crippen LogP contribution is -2.18. The fourth-order valence-corrected chi connectivity index (χ4v) is 2.26. The second-order valence-corrected chi connectivity index (χ2v) is 4.74. The smallest absolute Gasteiger partial charge is 0.260 e. The van der Waals surface area contributed by atoms with Gasteiger partial charge in [-0.2, -0.15) is 0 Å². The number of hydrogen-bond donors (Lipinski definition) is 1. The topological polar surface area (TPSA) is 54.6 Å². The van der Waals surface area contributed by atoms with Crippen LogP contribution in [-0.4, -0.2) is 15.9 Å². The second-order valence-electron chi connectivity index (χ2n) is 4.74. The van der Waals surface area contributed by atoms with E-state index in [1.165, 1.54) is 4.57 Å². The molecule has 21 heavy (non-hydrogen) atoms. The normalized spacial score (nSPS) is 11.3. The number of aliphatic imine (C=N–C) groups is 1. The molecule has 0 aliphatic carbocycles. The van der Waals surface area contributed by atoms with Crippen LogP contribution in [0.15, 0.2) is 64.4 Å².